The summed E-state index contributed by atoms with van der Waals surface area (Å²) in [5.41, 5.74) is 2.27. The molecule has 2 heteroatoms. The number of benzene rings is 2. The topological polar surface area (TPSA) is 32.3 Å². The monoisotopic (exact) mass is 241 g/mol. The molecule has 1 aliphatic rings. The van der Waals surface area contributed by atoms with Gasteiger partial charge in [-0.25, -0.2) is 0 Å². The molecule has 0 radical (unpaired) electrons. The van der Waals surface area contributed by atoms with E-state index < -0.39 is 6.10 Å². The standard InChI is InChI=1S/C16H19NO/c1-11-8-9-12-5-2-3-6-13(12)15(11)16(18)14-7-4-10-17-14/h2-3,5-6,8-9,14,16-18H,4,7,10H2,1H3. The molecular weight excluding hydrogens is 222 g/mol. The van der Waals surface area contributed by atoms with Gasteiger partial charge in [0.15, 0.2) is 0 Å². The first kappa shape index (κ1) is 11.7. The van der Waals surface area contributed by atoms with Crippen LogP contribution in [0.4, 0.5) is 0 Å². The molecule has 1 heterocycles. The van der Waals surface area contributed by atoms with Crippen molar-refractivity contribution in [2.45, 2.75) is 31.9 Å². The van der Waals surface area contributed by atoms with Gasteiger partial charge in [-0.15, -0.1) is 0 Å². The van der Waals surface area contributed by atoms with Gasteiger partial charge in [-0.05, 0) is 48.2 Å². The molecule has 2 N–H and O–H groups in total. The van der Waals surface area contributed by atoms with E-state index in [-0.39, 0.29) is 6.04 Å². The van der Waals surface area contributed by atoms with Crippen molar-refractivity contribution in [3.63, 3.8) is 0 Å². The zero-order chi connectivity index (χ0) is 12.5. The Kier molecular flexibility index (Phi) is 3.06. The van der Waals surface area contributed by atoms with Crippen molar-refractivity contribution < 1.29 is 5.11 Å². The Bertz CT molecular complexity index is 558. The maximum atomic E-state index is 10.6. The van der Waals surface area contributed by atoms with Gasteiger partial charge in [0.2, 0.25) is 0 Å². The molecule has 0 aliphatic carbocycles. The molecule has 2 atom stereocenters. The van der Waals surface area contributed by atoms with Crippen LogP contribution in [0, 0.1) is 6.92 Å². The average Bonchev–Trinajstić information content (AvgIpc) is 2.92. The van der Waals surface area contributed by atoms with Crippen LogP contribution in [-0.4, -0.2) is 17.7 Å². The molecule has 2 nitrogen and oxygen atoms in total. The van der Waals surface area contributed by atoms with E-state index in [9.17, 15) is 5.11 Å². The number of fused-ring (bicyclic) bond motifs is 1. The minimum Gasteiger partial charge on any atom is -0.387 e. The quantitative estimate of drug-likeness (QED) is 0.847. The predicted molar refractivity (Wildman–Crippen MR) is 74.7 cm³/mol. The van der Waals surface area contributed by atoms with Crippen LogP contribution in [0.1, 0.15) is 30.1 Å². The Labute approximate surface area is 108 Å². The largest absolute Gasteiger partial charge is 0.387 e. The Morgan fingerprint density at radius 1 is 1.22 bits per heavy atom. The maximum absolute atomic E-state index is 10.6. The van der Waals surface area contributed by atoms with Gasteiger partial charge < -0.3 is 10.4 Å². The van der Waals surface area contributed by atoms with Gasteiger partial charge in [-0.2, -0.15) is 0 Å². The van der Waals surface area contributed by atoms with Crippen molar-refractivity contribution in [3.8, 4) is 0 Å². The van der Waals surface area contributed by atoms with Crippen LogP contribution in [0.3, 0.4) is 0 Å². The second-order valence-electron chi connectivity index (χ2n) is 5.16. The van der Waals surface area contributed by atoms with Gasteiger partial charge in [0.05, 0.1) is 6.10 Å². The summed E-state index contributed by atoms with van der Waals surface area (Å²) in [4.78, 5) is 0. The summed E-state index contributed by atoms with van der Waals surface area (Å²) in [5, 5.41) is 16.4. The highest BCUT2D eigenvalue weighted by Crippen LogP contribution is 2.31. The van der Waals surface area contributed by atoms with Crippen LogP contribution < -0.4 is 5.32 Å². The minimum atomic E-state index is -0.404. The highest BCUT2D eigenvalue weighted by molar-refractivity contribution is 5.87. The number of aliphatic hydroxyl groups is 1. The van der Waals surface area contributed by atoms with Crippen LogP contribution in [0.5, 0.6) is 0 Å². The first-order valence-corrected chi connectivity index (χ1v) is 6.67. The van der Waals surface area contributed by atoms with E-state index in [0.717, 1.165) is 24.9 Å². The number of aliphatic hydroxyl groups excluding tert-OH is 1. The first-order valence-electron chi connectivity index (χ1n) is 6.67. The molecule has 0 spiro atoms. The van der Waals surface area contributed by atoms with Crippen molar-refractivity contribution in [2.75, 3.05) is 6.54 Å². The van der Waals surface area contributed by atoms with E-state index in [1.54, 1.807) is 0 Å². The molecule has 0 bridgehead atoms. The Hall–Kier alpha value is -1.38. The number of nitrogens with one attached hydrogen (secondary N) is 1. The Balaban J connectivity index is 2.11. The molecular formula is C16H19NO. The van der Waals surface area contributed by atoms with Gasteiger partial charge in [-0.1, -0.05) is 36.4 Å². The molecule has 2 unspecified atom stereocenters. The van der Waals surface area contributed by atoms with Gasteiger partial charge in [0.25, 0.3) is 0 Å². The smallest absolute Gasteiger partial charge is 0.0951 e. The van der Waals surface area contributed by atoms with Crippen LogP contribution in [0.2, 0.25) is 0 Å². The summed E-state index contributed by atoms with van der Waals surface area (Å²) < 4.78 is 0. The SMILES string of the molecule is Cc1ccc2ccccc2c1C(O)C1CCCN1. The molecule has 94 valence electrons. The highest BCUT2D eigenvalue weighted by Gasteiger charge is 2.26. The summed E-state index contributed by atoms with van der Waals surface area (Å²) in [6.45, 7) is 3.10. The molecule has 1 fully saturated rings. The molecule has 1 saturated heterocycles. The normalized spacial score (nSPS) is 21.3. The fraction of sp³-hybridized carbons (Fsp3) is 0.375. The van der Waals surface area contributed by atoms with Crippen LogP contribution in [0.25, 0.3) is 10.8 Å². The minimum absolute atomic E-state index is 0.203. The molecule has 18 heavy (non-hydrogen) atoms. The second-order valence-corrected chi connectivity index (χ2v) is 5.16. The molecule has 1 aliphatic heterocycles. The summed E-state index contributed by atoms with van der Waals surface area (Å²) >= 11 is 0. The Morgan fingerprint density at radius 3 is 2.83 bits per heavy atom. The van der Waals surface area contributed by atoms with Crippen molar-refractivity contribution in [3.05, 3.63) is 47.5 Å². The van der Waals surface area contributed by atoms with E-state index in [4.69, 9.17) is 0 Å². The third-order valence-electron chi connectivity index (χ3n) is 3.96. The lowest BCUT2D eigenvalue weighted by Crippen LogP contribution is -2.29. The fourth-order valence-electron chi connectivity index (χ4n) is 2.98. The zero-order valence-electron chi connectivity index (χ0n) is 10.7. The number of hydrogen-bond acceptors (Lipinski definition) is 2. The third-order valence-corrected chi connectivity index (χ3v) is 3.96. The Morgan fingerprint density at radius 2 is 2.06 bits per heavy atom. The highest BCUT2D eigenvalue weighted by atomic mass is 16.3. The lowest BCUT2D eigenvalue weighted by atomic mass is 9.91. The second kappa shape index (κ2) is 4.71. The lowest BCUT2D eigenvalue weighted by molar-refractivity contribution is 0.138. The van der Waals surface area contributed by atoms with Crippen molar-refractivity contribution in [2.24, 2.45) is 0 Å². The predicted octanol–water partition coefficient (Wildman–Crippen LogP) is 2.93. The first-order chi connectivity index (χ1) is 8.77. The van der Waals surface area contributed by atoms with Crippen LogP contribution in [0.15, 0.2) is 36.4 Å². The van der Waals surface area contributed by atoms with Gasteiger partial charge in [0, 0.05) is 6.04 Å². The third kappa shape index (κ3) is 1.92. The van der Waals surface area contributed by atoms with Gasteiger partial charge in [-0.3, -0.25) is 0 Å². The van der Waals surface area contributed by atoms with Gasteiger partial charge in [0.1, 0.15) is 0 Å². The molecule has 0 saturated carbocycles. The van der Waals surface area contributed by atoms with E-state index in [1.165, 1.54) is 16.3 Å². The zero-order valence-corrected chi connectivity index (χ0v) is 10.7. The molecule has 0 aromatic heterocycles. The maximum Gasteiger partial charge on any atom is 0.0951 e. The molecule has 2 aromatic carbocycles. The van der Waals surface area contributed by atoms with Gasteiger partial charge >= 0.3 is 0 Å². The fourth-order valence-corrected chi connectivity index (χ4v) is 2.98. The van der Waals surface area contributed by atoms with E-state index in [1.807, 2.05) is 12.1 Å². The molecule has 2 aromatic rings. The summed E-state index contributed by atoms with van der Waals surface area (Å²) in [5.74, 6) is 0. The summed E-state index contributed by atoms with van der Waals surface area (Å²) in [7, 11) is 0. The average molecular weight is 241 g/mol. The lowest BCUT2D eigenvalue weighted by Gasteiger charge is -2.22. The van der Waals surface area contributed by atoms with Crippen molar-refractivity contribution >= 4 is 10.8 Å². The molecule has 0 amide bonds. The van der Waals surface area contributed by atoms with E-state index in [2.05, 4.69) is 36.5 Å². The van der Waals surface area contributed by atoms with Crippen LogP contribution in [-0.2, 0) is 0 Å². The van der Waals surface area contributed by atoms with Crippen LogP contribution >= 0.6 is 0 Å². The van der Waals surface area contributed by atoms with Crippen molar-refractivity contribution in [1.29, 1.82) is 0 Å². The van der Waals surface area contributed by atoms with Crippen molar-refractivity contribution in [1.82, 2.24) is 5.32 Å². The van der Waals surface area contributed by atoms with E-state index >= 15 is 0 Å². The number of rotatable bonds is 2. The summed E-state index contributed by atoms with van der Waals surface area (Å²) in [6.07, 6.45) is 1.81. The van der Waals surface area contributed by atoms with E-state index in [0.29, 0.717) is 0 Å². The summed E-state index contributed by atoms with van der Waals surface area (Å²) in [6, 6.07) is 12.7. The number of hydrogen-bond donors (Lipinski definition) is 2. The number of aryl methyl sites for hydroxylation is 1. The molecule has 3 rings (SSSR count).